The molecule has 1 atom stereocenters. The van der Waals surface area contributed by atoms with Crippen molar-refractivity contribution in [3.05, 3.63) is 0 Å². The number of urea groups is 1. The molecule has 21 heavy (non-hydrogen) atoms. The lowest BCUT2D eigenvalue weighted by Crippen LogP contribution is -2.49. The Labute approximate surface area is 127 Å². The summed E-state index contributed by atoms with van der Waals surface area (Å²) in [4.78, 5) is 22.6. The molecule has 124 valence electrons. The summed E-state index contributed by atoms with van der Waals surface area (Å²) in [7, 11) is 0. The van der Waals surface area contributed by atoms with E-state index in [0.29, 0.717) is 25.7 Å². The van der Waals surface area contributed by atoms with Gasteiger partial charge in [0.2, 0.25) is 0 Å². The summed E-state index contributed by atoms with van der Waals surface area (Å²) in [6.45, 7) is 11.5. The molecule has 3 N–H and O–H groups in total. The number of carboxylic acids is 1. The van der Waals surface area contributed by atoms with Gasteiger partial charge in [-0.05, 0) is 17.8 Å². The maximum Gasteiger partial charge on any atom is 0.315 e. The first-order valence-electron chi connectivity index (χ1n) is 7.46. The molecular weight excluding hydrogens is 272 g/mol. The number of nitrogens with one attached hydrogen (secondary N) is 2. The molecule has 0 bridgehead atoms. The van der Waals surface area contributed by atoms with Crippen molar-refractivity contribution >= 4 is 12.0 Å². The van der Waals surface area contributed by atoms with Crippen molar-refractivity contribution in [3.63, 3.8) is 0 Å². The lowest BCUT2D eigenvalue weighted by Gasteiger charge is -2.30. The van der Waals surface area contributed by atoms with Crippen LogP contribution in [0.3, 0.4) is 0 Å². The van der Waals surface area contributed by atoms with E-state index < -0.39 is 12.0 Å². The molecule has 6 nitrogen and oxygen atoms in total. The van der Waals surface area contributed by atoms with Crippen LogP contribution in [0.5, 0.6) is 0 Å². The Kier molecular flexibility index (Phi) is 9.01. The summed E-state index contributed by atoms with van der Waals surface area (Å²) >= 11 is 0. The van der Waals surface area contributed by atoms with Gasteiger partial charge >= 0.3 is 12.0 Å². The standard InChI is InChI=1S/C15H30N2O4/c1-11(2)6-8-21-9-7-16-14(20)17-12(10-13(18)19)15(3,4)5/h11-12H,6-10H2,1-5H3,(H,18,19)(H2,16,17,20). The SMILES string of the molecule is CC(C)CCOCCNC(=O)NC(CC(=O)O)C(C)(C)C. The Morgan fingerprint density at radius 2 is 1.81 bits per heavy atom. The molecule has 0 aliphatic carbocycles. The van der Waals surface area contributed by atoms with Gasteiger partial charge in [0, 0.05) is 19.2 Å². The van der Waals surface area contributed by atoms with Gasteiger partial charge in [0.1, 0.15) is 0 Å². The van der Waals surface area contributed by atoms with Crippen molar-refractivity contribution < 1.29 is 19.4 Å². The first-order valence-corrected chi connectivity index (χ1v) is 7.46. The minimum Gasteiger partial charge on any atom is -0.481 e. The highest BCUT2D eigenvalue weighted by atomic mass is 16.5. The van der Waals surface area contributed by atoms with Crippen molar-refractivity contribution in [2.75, 3.05) is 19.8 Å². The second-order valence-electron chi connectivity index (χ2n) is 6.71. The highest BCUT2D eigenvalue weighted by Crippen LogP contribution is 2.21. The van der Waals surface area contributed by atoms with E-state index in [0.717, 1.165) is 6.42 Å². The number of aliphatic carboxylic acids is 1. The van der Waals surface area contributed by atoms with E-state index in [9.17, 15) is 9.59 Å². The van der Waals surface area contributed by atoms with Crippen LogP contribution in [0.1, 0.15) is 47.5 Å². The van der Waals surface area contributed by atoms with Gasteiger partial charge < -0.3 is 20.5 Å². The van der Waals surface area contributed by atoms with Crippen LogP contribution in [0.15, 0.2) is 0 Å². The Balaban J connectivity index is 3.96. The van der Waals surface area contributed by atoms with Gasteiger partial charge in [-0.1, -0.05) is 34.6 Å². The Morgan fingerprint density at radius 1 is 1.19 bits per heavy atom. The van der Waals surface area contributed by atoms with Crippen molar-refractivity contribution in [3.8, 4) is 0 Å². The Hall–Kier alpha value is -1.30. The number of carbonyl (C=O) groups excluding carboxylic acids is 1. The van der Waals surface area contributed by atoms with E-state index in [-0.39, 0.29) is 17.9 Å². The van der Waals surface area contributed by atoms with E-state index >= 15 is 0 Å². The summed E-state index contributed by atoms with van der Waals surface area (Å²) in [6, 6.07) is -0.777. The third-order valence-corrected chi connectivity index (χ3v) is 3.10. The monoisotopic (exact) mass is 302 g/mol. The summed E-state index contributed by atoms with van der Waals surface area (Å²) in [5, 5.41) is 14.3. The van der Waals surface area contributed by atoms with Gasteiger partial charge in [-0.25, -0.2) is 4.79 Å². The van der Waals surface area contributed by atoms with Crippen LogP contribution in [0, 0.1) is 11.3 Å². The maximum absolute atomic E-state index is 11.8. The minimum absolute atomic E-state index is 0.0954. The molecule has 0 aliphatic rings. The molecule has 1 unspecified atom stereocenters. The zero-order valence-electron chi connectivity index (χ0n) is 13.9. The largest absolute Gasteiger partial charge is 0.481 e. The smallest absolute Gasteiger partial charge is 0.315 e. The highest BCUT2D eigenvalue weighted by Gasteiger charge is 2.28. The number of carboxylic acid groups (broad SMARTS) is 1. The lowest BCUT2D eigenvalue weighted by molar-refractivity contribution is -0.138. The van der Waals surface area contributed by atoms with E-state index in [4.69, 9.17) is 9.84 Å². The molecule has 0 heterocycles. The van der Waals surface area contributed by atoms with Crippen LogP contribution in [0.4, 0.5) is 4.79 Å². The van der Waals surface area contributed by atoms with E-state index in [2.05, 4.69) is 24.5 Å². The van der Waals surface area contributed by atoms with Crippen LogP contribution in [0.25, 0.3) is 0 Å². The fourth-order valence-corrected chi connectivity index (χ4v) is 1.62. The van der Waals surface area contributed by atoms with Crippen molar-refractivity contribution in [1.82, 2.24) is 10.6 Å². The van der Waals surface area contributed by atoms with Crippen molar-refractivity contribution in [2.45, 2.75) is 53.5 Å². The summed E-state index contributed by atoms with van der Waals surface area (Å²) in [5.74, 6) is -0.322. The van der Waals surface area contributed by atoms with Crippen molar-refractivity contribution in [2.24, 2.45) is 11.3 Å². The predicted octanol–water partition coefficient (Wildman–Crippen LogP) is 2.24. The van der Waals surface area contributed by atoms with Crippen LogP contribution in [-0.4, -0.2) is 42.9 Å². The normalized spacial score (nSPS) is 13.0. The van der Waals surface area contributed by atoms with E-state index in [1.54, 1.807) is 0 Å². The summed E-state index contributed by atoms with van der Waals surface area (Å²) < 4.78 is 5.40. The predicted molar refractivity (Wildman–Crippen MR) is 82.3 cm³/mol. The highest BCUT2D eigenvalue weighted by molar-refractivity contribution is 5.75. The Bertz CT molecular complexity index is 324. The quantitative estimate of drug-likeness (QED) is 0.570. The fourth-order valence-electron chi connectivity index (χ4n) is 1.62. The van der Waals surface area contributed by atoms with Crippen LogP contribution in [-0.2, 0) is 9.53 Å². The number of carbonyl (C=O) groups is 2. The number of amides is 2. The molecule has 0 spiro atoms. The second-order valence-corrected chi connectivity index (χ2v) is 6.71. The second kappa shape index (κ2) is 9.60. The molecule has 2 amide bonds. The molecular formula is C15H30N2O4. The molecule has 0 saturated heterocycles. The zero-order valence-corrected chi connectivity index (χ0v) is 13.9. The molecule has 6 heteroatoms. The summed E-state index contributed by atoms with van der Waals surface area (Å²) in [5.41, 5.74) is -0.316. The van der Waals surface area contributed by atoms with Crippen LogP contribution >= 0.6 is 0 Å². The van der Waals surface area contributed by atoms with Gasteiger partial charge in [0.05, 0.1) is 13.0 Å². The molecule has 0 fully saturated rings. The summed E-state index contributed by atoms with van der Waals surface area (Å²) in [6.07, 6.45) is 0.902. The van der Waals surface area contributed by atoms with Gasteiger partial charge in [-0.3, -0.25) is 4.79 Å². The van der Waals surface area contributed by atoms with E-state index in [1.165, 1.54) is 0 Å². The lowest BCUT2D eigenvalue weighted by atomic mass is 9.85. The average molecular weight is 302 g/mol. The fraction of sp³-hybridized carbons (Fsp3) is 0.867. The number of rotatable bonds is 9. The molecule has 0 aromatic carbocycles. The van der Waals surface area contributed by atoms with Crippen LogP contribution < -0.4 is 10.6 Å². The van der Waals surface area contributed by atoms with Gasteiger partial charge in [-0.15, -0.1) is 0 Å². The number of ether oxygens (including phenoxy) is 1. The third-order valence-electron chi connectivity index (χ3n) is 3.10. The van der Waals surface area contributed by atoms with Crippen molar-refractivity contribution in [1.29, 1.82) is 0 Å². The molecule has 0 aliphatic heterocycles. The minimum atomic E-state index is -0.924. The number of hydrogen-bond acceptors (Lipinski definition) is 3. The molecule has 0 radical (unpaired) electrons. The topological polar surface area (TPSA) is 87.7 Å². The average Bonchev–Trinajstić information content (AvgIpc) is 2.30. The maximum atomic E-state index is 11.8. The molecule has 0 aromatic rings. The van der Waals surface area contributed by atoms with Gasteiger partial charge in [0.25, 0.3) is 0 Å². The van der Waals surface area contributed by atoms with Crippen LogP contribution in [0.2, 0.25) is 0 Å². The molecule has 0 saturated carbocycles. The zero-order chi connectivity index (χ0) is 16.5. The Morgan fingerprint density at radius 3 is 2.29 bits per heavy atom. The first kappa shape index (κ1) is 19.7. The molecule has 0 aromatic heterocycles. The van der Waals surface area contributed by atoms with E-state index in [1.807, 2.05) is 20.8 Å². The third kappa shape index (κ3) is 11.1. The number of hydrogen-bond donors (Lipinski definition) is 3. The van der Waals surface area contributed by atoms with Gasteiger partial charge in [-0.2, -0.15) is 0 Å². The van der Waals surface area contributed by atoms with Gasteiger partial charge in [0.15, 0.2) is 0 Å². The molecule has 0 rings (SSSR count). The first-order chi connectivity index (χ1) is 9.62.